The van der Waals surface area contributed by atoms with Crippen LogP contribution in [0, 0.1) is 10.1 Å². The standard InChI is InChI=1S/C21H25N5O3S/c1-2-25(13-5-3-4-6-14-27)17-9-7-16(8-10-17)23-24-21-22-19-12-11-18(26(28)29)15-20(19)30-21/h7-12,15,27H,2-6,13-14H2,1H3. The molecule has 1 aromatic heterocycles. The van der Waals surface area contributed by atoms with Gasteiger partial charge in [-0.3, -0.25) is 10.1 Å². The minimum Gasteiger partial charge on any atom is -0.396 e. The van der Waals surface area contributed by atoms with Gasteiger partial charge in [-0.15, -0.1) is 10.2 Å². The highest BCUT2D eigenvalue weighted by Crippen LogP contribution is 2.32. The smallest absolute Gasteiger partial charge is 0.270 e. The highest BCUT2D eigenvalue weighted by molar-refractivity contribution is 7.21. The van der Waals surface area contributed by atoms with Crippen LogP contribution in [0.5, 0.6) is 0 Å². The van der Waals surface area contributed by atoms with Gasteiger partial charge >= 0.3 is 0 Å². The molecule has 0 unspecified atom stereocenters. The van der Waals surface area contributed by atoms with E-state index in [-0.39, 0.29) is 12.3 Å². The maximum absolute atomic E-state index is 10.9. The number of aliphatic hydroxyl groups excluding tert-OH is 1. The summed E-state index contributed by atoms with van der Waals surface area (Å²) in [5.41, 5.74) is 2.58. The summed E-state index contributed by atoms with van der Waals surface area (Å²) in [4.78, 5) is 17.1. The van der Waals surface area contributed by atoms with E-state index < -0.39 is 4.92 Å². The zero-order valence-electron chi connectivity index (χ0n) is 16.9. The molecule has 0 fully saturated rings. The average Bonchev–Trinajstić information content (AvgIpc) is 3.17. The van der Waals surface area contributed by atoms with E-state index in [0.717, 1.165) is 50.1 Å². The molecule has 0 radical (unpaired) electrons. The number of fused-ring (bicyclic) bond motifs is 1. The van der Waals surface area contributed by atoms with Gasteiger partial charge in [-0.1, -0.05) is 24.2 Å². The van der Waals surface area contributed by atoms with Crippen molar-refractivity contribution in [2.45, 2.75) is 32.6 Å². The normalized spacial score (nSPS) is 11.4. The summed E-state index contributed by atoms with van der Waals surface area (Å²) in [5, 5.41) is 28.7. The lowest BCUT2D eigenvalue weighted by atomic mass is 10.2. The zero-order valence-corrected chi connectivity index (χ0v) is 17.7. The number of nitro benzene ring substituents is 1. The number of azo groups is 1. The number of hydrogen-bond acceptors (Lipinski definition) is 8. The third-order valence-electron chi connectivity index (χ3n) is 4.76. The molecule has 0 aliphatic heterocycles. The molecule has 30 heavy (non-hydrogen) atoms. The number of unbranched alkanes of at least 4 members (excludes halogenated alkanes) is 3. The lowest BCUT2D eigenvalue weighted by Crippen LogP contribution is -2.23. The SMILES string of the molecule is CCN(CCCCCCO)c1ccc(N=Nc2nc3ccc([N+](=O)[O-])cc3s2)cc1. The van der Waals surface area contributed by atoms with Gasteiger partial charge < -0.3 is 10.0 Å². The van der Waals surface area contributed by atoms with E-state index in [1.165, 1.54) is 23.5 Å². The molecule has 8 nitrogen and oxygen atoms in total. The van der Waals surface area contributed by atoms with Crippen molar-refractivity contribution in [1.29, 1.82) is 0 Å². The first-order valence-corrected chi connectivity index (χ1v) is 10.8. The van der Waals surface area contributed by atoms with Crippen molar-refractivity contribution < 1.29 is 10.0 Å². The number of thiazole rings is 1. The first-order valence-electron chi connectivity index (χ1n) is 10.0. The second-order valence-corrected chi connectivity index (χ2v) is 7.85. The van der Waals surface area contributed by atoms with Gasteiger partial charge in [0.05, 0.1) is 20.8 Å². The van der Waals surface area contributed by atoms with E-state index >= 15 is 0 Å². The molecule has 1 heterocycles. The van der Waals surface area contributed by atoms with Gasteiger partial charge in [0.15, 0.2) is 0 Å². The van der Waals surface area contributed by atoms with Crippen LogP contribution in [0.25, 0.3) is 10.2 Å². The van der Waals surface area contributed by atoms with E-state index in [1.54, 1.807) is 6.07 Å². The second kappa shape index (κ2) is 10.7. The molecule has 2 aromatic carbocycles. The number of aliphatic hydroxyl groups is 1. The Labute approximate surface area is 179 Å². The van der Waals surface area contributed by atoms with Gasteiger partial charge in [-0.25, -0.2) is 4.98 Å². The van der Waals surface area contributed by atoms with Gasteiger partial charge in [0.1, 0.15) is 0 Å². The lowest BCUT2D eigenvalue weighted by Gasteiger charge is -2.23. The van der Waals surface area contributed by atoms with Crippen LogP contribution in [-0.2, 0) is 0 Å². The molecule has 0 aliphatic carbocycles. The summed E-state index contributed by atoms with van der Waals surface area (Å²) in [6.07, 6.45) is 4.16. The summed E-state index contributed by atoms with van der Waals surface area (Å²) < 4.78 is 0.714. The number of non-ortho nitro benzene ring substituents is 1. The molecule has 0 amide bonds. The molecule has 9 heteroatoms. The molecule has 0 aliphatic rings. The van der Waals surface area contributed by atoms with Crippen molar-refractivity contribution in [2.24, 2.45) is 10.2 Å². The van der Waals surface area contributed by atoms with Gasteiger partial charge in [0.25, 0.3) is 5.69 Å². The molecule has 3 rings (SSSR count). The lowest BCUT2D eigenvalue weighted by molar-refractivity contribution is -0.384. The molecular weight excluding hydrogens is 402 g/mol. The highest BCUT2D eigenvalue weighted by atomic mass is 32.1. The Balaban J connectivity index is 1.62. The number of rotatable bonds is 11. The Hall–Kier alpha value is -2.91. The summed E-state index contributed by atoms with van der Waals surface area (Å²) in [6, 6.07) is 12.5. The van der Waals surface area contributed by atoms with Crippen molar-refractivity contribution in [1.82, 2.24) is 4.98 Å². The summed E-state index contributed by atoms with van der Waals surface area (Å²) in [5.74, 6) is 0. The molecule has 0 saturated heterocycles. The van der Waals surface area contributed by atoms with Crippen LogP contribution in [-0.4, -0.2) is 34.7 Å². The molecular formula is C21H25N5O3S. The molecule has 1 N–H and O–H groups in total. The third kappa shape index (κ3) is 5.80. The minimum atomic E-state index is -0.420. The Kier molecular flexibility index (Phi) is 7.81. The van der Waals surface area contributed by atoms with Gasteiger partial charge in [-0.2, -0.15) is 0 Å². The monoisotopic (exact) mass is 427 g/mol. The van der Waals surface area contributed by atoms with Gasteiger partial charge in [0, 0.05) is 37.5 Å². The predicted octanol–water partition coefficient (Wildman–Crippen LogP) is 6.00. The Morgan fingerprint density at radius 1 is 1.10 bits per heavy atom. The van der Waals surface area contributed by atoms with E-state index in [0.29, 0.717) is 15.3 Å². The quantitative estimate of drug-likeness (QED) is 0.175. The van der Waals surface area contributed by atoms with Crippen molar-refractivity contribution in [2.75, 3.05) is 24.6 Å². The van der Waals surface area contributed by atoms with Crippen LogP contribution >= 0.6 is 11.3 Å². The maximum atomic E-state index is 10.9. The van der Waals surface area contributed by atoms with Crippen molar-refractivity contribution >= 4 is 43.7 Å². The van der Waals surface area contributed by atoms with Crippen LogP contribution in [0.4, 0.5) is 22.2 Å². The van der Waals surface area contributed by atoms with Gasteiger partial charge in [-0.05, 0) is 50.1 Å². The van der Waals surface area contributed by atoms with E-state index in [2.05, 4.69) is 27.0 Å². The van der Waals surface area contributed by atoms with Crippen molar-refractivity contribution in [3.8, 4) is 0 Å². The van der Waals surface area contributed by atoms with Crippen LogP contribution in [0.3, 0.4) is 0 Å². The number of benzene rings is 2. The fourth-order valence-corrected chi connectivity index (χ4v) is 3.95. The number of hydrogen-bond donors (Lipinski definition) is 1. The first-order chi connectivity index (χ1) is 14.6. The van der Waals surface area contributed by atoms with Crippen LogP contribution in [0.1, 0.15) is 32.6 Å². The Morgan fingerprint density at radius 2 is 1.87 bits per heavy atom. The number of nitrogens with zero attached hydrogens (tertiary/aromatic N) is 5. The molecule has 0 bridgehead atoms. The Morgan fingerprint density at radius 3 is 2.57 bits per heavy atom. The zero-order chi connectivity index (χ0) is 21.3. The molecule has 0 spiro atoms. The average molecular weight is 428 g/mol. The van der Waals surface area contributed by atoms with Crippen LogP contribution < -0.4 is 4.90 Å². The summed E-state index contributed by atoms with van der Waals surface area (Å²) in [6.45, 7) is 4.32. The molecule has 0 saturated carbocycles. The van der Waals surface area contributed by atoms with Crippen LogP contribution in [0.15, 0.2) is 52.7 Å². The van der Waals surface area contributed by atoms with Gasteiger partial charge in [0.2, 0.25) is 5.13 Å². The van der Waals surface area contributed by atoms with E-state index in [1.807, 2.05) is 24.3 Å². The molecule has 158 valence electrons. The minimum absolute atomic E-state index is 0.0408. The number of anilines is 1. The van der Waals surface area contributed by atoms with Crippen molar-refractivity contribution in [3.63, 3.8) is 0 Å². The Bertz CT molecular complexity index is 1000. The highest BCUT2D eigenvalue weighted by Gasteiger charge is 2.10. The van der Waals surface area contributed by atoms with Crippen molar-refractivity contribution in [3.05, 3.63) is 52.6 Å². The first kappa shape index (κ1) is 21.8. The fraction of sp³-hybridized carbons (Fsp3) is 0.381. The van der Waals surface area contributed by atoms with Crippen LogP contribution in [0.2, 0.25) is 0 Å². The summed E-state index contributed by atoms with van der Waals surface area (Å²) >= 11 is 1.27. The molecule has 3 aromatic rings. The fourth-order valence-electron chi connectivity index (χ4n) is 3.13. The third-order valence-corrected chi connectivity index (χ3v) is 5.66. The largest absolute Gasteiger partial charge is 0.396 e. The van der Waals surface area contributed by atoms with E-state index in [9.17, 15) is 10.1 Å². The number of nitro groups is 1. The number of aromatic nitrogens is 1. The predicted molar refractivity (Wildman–Crippen MR) is 120 cm³/mol. The topological polar surface area (TPSA) is 104 Å². The molecule has 0 atom stereocenters. The maximum Gasteiger partial charge on any atom is 0.270 e. The summed E-state index contributed by atoms with van der Waals surface area (Å²) in [7, 11) is 0. The van der Waals surface area contributed by atoms with E-state index in [4.69, 9.17) is 5.11 Å². The second-order valence-electron chi connectivity index (χ2n) is 6.84.